The molecule has 0 saturated carbocycles. The number of nitrogens with one attached hydrogen (secondary N) is 2. The van der Waals surface area contributed by atoms with Gasteiger partial charge in [0.25, 0.3) is 0 Å². The van der Waals surface area contributed by atoms with Gasteiger partial charge in [0.2, 0.25) is 5.89 Å². The van der Waals surface area contributed by atoms with Crippen molar-refractivity contribution in [1.29, 1.82) is 0 Å². The van der Waals surface area contributed by atoms with Crippen molar-refractivity contribution in [3.05, 3.63) is 47.1 Å². The standard InChI is InChI=1S/C23H36N6O/c1-5-24-23(25-13-10-21-27-22(17(2)3)28-30-21)26-20-11-14-29(15-12-20)16-19-9-7-6-8-18(19)4/h6-9,17,20H,5,10-16H2,1-4H3,(H2,24,25,26). The third-order valence-electron chi connectivity index (χ3n) is 5.52. The Morgan fingerprint density at radius 2 is 2.03 bits per heavy atom. The van der Waals surface area contributed by atoms with Crippen LogP contribution in [0.25, 0.3) is 0 Å². The highest BCUT2D eigenvalue weighted by Gasteiger charge is 2.20. The predicted molar refractivity (Wildman–Crippen MR) is 121 cm³/mol. The molecular weight excluding hydrogens is 376 g/mol. The zero-order valence-electron chi connectivity index (χ0n) is 18.8. The highest BCUT2D eigenvalue weighted by atomic mass is 16.5. The molecule has 7 heteroatoms. The van der Waals surface area contributed by atoms with E-state index in [2.05, 4.69) is 77.6 Å². The second-order valence-corrected chi connectivity index (χ2v) is 8.33. The summed E-state index contributed by atoms with van der Waals surface area (Å²) in [6, 6.07) is 9.13. The van der Waals surface area contributed by atoms with Crippen LogP contribution in [0.4, 0.5) is 0 Å². The van der Waals surface area contributed by atoms with E-state index < -0.39 is 0 Å². The maximum Gasteiger partial charge on any atom is 0.228 e. The molecule has 30 heavy (non-hydrogen) atoms. The minimum absolute atomic E-state index is 0.279. The van der Waals surface area contributed by atoms with E-state index in [9.17, 15) is 0 Å². The number of benzene rings is 1. The lowest BCUT2D eigenvalue weighted by molar-refractivity contribution is 0.198. The van der Waals surface area contributed by atoms with Gasteiger partial charge < -0.3 is 15.2 Å². The minimum atomic E-state index is 0.279. The van der Waals surface area contributed by atoms with Crippen molar-refractivity contribution in [3.63, 3.8) is 0 Å². The molecule has 1 aromatic heterocycles. The number of piperidine rings is 1. The number of aromatic nitrogens is 2. The van der Waals surface area contributed by atoms with Crippen LogP contribution >= 0.6 is 0 Å². The second kappa shape index (κ2) is 11.1. The number of rotatable bonds is 8. The summed E-state index contributed by atoms with van der Waals surface area (Å²) < 4.78 is 5.31. The van der Waals surface area contributed by atoms with Gasteiger partial charge in [-0.25, -0.2) is 0 Å². The van der Waals surface area contributed by atoms with Crippen molar-refractivity contribution >= 4 is 5.96 Å². The van der Waals surface area contributed by atoms with E-state index in [1.54, 1.807) is 0 Å². The number of hydrogen-bond donors (Lipinski definition) is 2. The Morgan fingerprint density at radius 1 is 1.27 bits per heavy atom. The fraction of sp³-hybridized carbons (Fsp3) is 0.609. The summed E-state index contributed by atoms with van der Waals surface area (Å²) in [5.74, 6) is 2.57. The highest BCUT2D eigenvalue weighted by Crippen LogP contribution is 2.16. The molecule has 3 rings (SSSR count). The third kappa shape index (κ3) is 6.55. The van der Waals surface area contributed by atoms with Gasteiger partial charge in [0, 0.05) is 44.6 Å². The van der Waals surface area contributed by atoms with Crippen LogP contribution in [0.15, 0.2) is 33.8 Å². The Morgan fingerprint density at radius 3 is 2.70 bits per heavy atom. The van der Waals surface area contributed by atoms with Crippen LogP contribution in [0.1, 0.15) is 62.4 Å². The molecule has 1 aliphatic rings. The summed E-state index contributed by atoms with van der Waals surface area (Å²) in [4.78, 5) is 11.7. The molecule has 1 saturated heterocycles. The third-order valence-corrected chi connectivity index (χ3v) is 5.52. The molecular formula is C23H36N6O. The fourth-order valence-electron chi connectivity index (χ4n) is 3.64. The lowest BCUT2D eigenvalue weighted by Crippen LogP contribution is -2.48. The first kappa shape index (κ1) is 22.3. The molecule has 0 spiro atoms. The molecule has 0 aliphatic carbocycles. The first-order chi connectivity index (χ1) is 14.5. The normalized spacial score (nSPS) is 16.2. The maximum atomic E-state index is 5.31. The largest absolute Gasteiger partial charge is 0.357 e. The number of hydrogen-bond acceptors (Lipinski definition) is 5. The zero-order chi connectivity index (χ0) is 21.3. The average molecular weight is 413 g/mol. The molecule has 1 aliphatic heterocycles. The number of nitrogens with zero attached hydrogens (tertiary/aromatic N) is 4. The highest BCUT2D eigenvalue weighted by molar-refractivity contribution is 5.80. The molecule has 1 fully saturated rings. The van der Waals surface area contributed by atoms with Crippen molar-refractivity contribution in [3.8, 4) is 0 Å². The topological polar surface area (TPSA) is 78.6 Å². The fourth-order valence-corrected chi connectivity index (χ4v) is 3.64. The molecule has 164 valence electrons. The molecule has 0 radical (unpaired) electrons. The molecule has 0 unspecified atom stereocenters. The molecule has 2 aromatic rings. The Bertz CT molecular complexity index is 808. The van der Waals surface area contributed by atoms with Crippen LogP contribution in [0.5, 0.6) is 0 Å². The lowest BCUT2D eigenvalue weighted by atomic mass is 10.0. The van der Waals surface area contributed by atoms with Gasteiger partial charge in [-0.3, -0.25) is 9.89 Å². The molecule has 2 N–H and O–H groups in total. The van der Waals surface area contributed by atoms with Crippen LogP contribution in [-0.4, -0.2) is 53.2 Å². The summed E-state index contributed by atoms with van der Waals surface area (Å²) in [5.41, 5.74) is 2.81. The Balaban J connectivity index is 1.45. The Labute approximate surface area is 180 Å². The van der Waals surface area contributed by atoms with E-state index in [1.165, 1.54) is 11.1 Å². The quantitative estimate of drug-likeness (QED) is 0.512. The van der Waals surface area contributed by atoms with Crippen LogP contribution in [0.3, 0.4) is 0 Å². The van der Waals surface area contributed by atoms with Gasteiger partial charge in [0.05, 0.1) is 6.54 Å². The minimum Gasteiger partial charge on any atom is -0.357 e. The number of aryl methyl sites for hydroxylation is 1. The van der Waals surface area contributed by atoms with Crippen molar-refractivity contribution in [1.82, 2.24) is 25.7 Å². The Hall–Kier alpha value is -2.41. The van der Waals surface area contributed by atoms with Gasteiger partial charge in [0.15, 0.2) is 11.8 Å². The van der Waals surface area contributed by atoms with E-state index in [-0.39, 0.29) is 5.92 Å². The number of likely N-dealkylation sites (tertiary alicyclic amines) is 1. The van der Waals surface area contributed by atoms with Crippen LogP contribution < -0.4 is 10.6 Å². The maximum absolute atomic E-state index is 5.31. The van der Waals surface area contributed by atoms with E-state index in [0.717, 1.165) is 50.8 Å². The molecule has 7 nitrogen and oxygen atoms in total. The van der Waals surface area contributed by atoms with Gasteiger partial charge in [-0.15, -0.1) is 0 Å². The van der Waals surface area contributed by atoms with E-state index >= 15 is 0 Å². The van der Waals surface area contributed by atoms with Crippen molar-refractivity contribution in [2.24, 2.45) is 4.99 Å². The van der Waals surface area contributed by atoms with Gasteiger partial charge >= 0.3 is 0 Å². The van der Waals surface area contributed by atoms with E-state index in [1.807, 2.05) is 0 Å². The smallest absolute Gasteiger partial charge is 0.228 e. The molecule has 2 heterocycles. The number of guanidine groups is 1. The molecule has 0 amide bonds. The van der Waals surface area contributed by atoms with Crippen LogP contribution in [-0.2, 0) is 13.0 Å². The monoisotopic (exact) mass is 412 g/mol. The van der Waals surface area contributed by atoms with Gasteiger partial charge in [-0.05, 0) is 37.8 Å². The van der Waals surface area contributed by atoms with Crippen molar-refractivity contribution in [2.45, 2.75) is 65.5 Å². The first-order valence-corrected chi connectivity index (χ1v) is 11.2. The molecule has 1 aromatic carbocycles. The lowest BCUT2D eigenvalue weighted by Gasteiger charge is -2.33. The summed E-state index contributed by atoms with van der Waals surface area (Å²) in [7, 11) is 0. The van der Waals surface area contributed by atoms with E-state index in [0.29, 0.717) is 24.9 Å². The van der Waals surface area contributed by atoms with E-state index in [4.69, 9.17) is 9.52 Å². The molecule has 0 atom stereocenters. The van der Waals surface area contributed by atoms with Gasteiger partial charge in [-0.2, -0.15) is 4.98 Å². The number of aliphatic imine (C=N–C) groups is 1. The Kier molecular flexibility index (Phi) is 8.25. The zero-order valence-corrected chi connectivity index (χ0v) is 18.8. The van der Waals surface area contributed by atoms with Crippen molar-refractivity contribution < 1.29 is 4.52 Å². The molecule has 0 bridgehead atoms. The SMILES string of the molecule is CCNC(=NCCc1nc(C(C)C)no1)NC1CCN(Cc2ccccc2C)CC1. The van der Waals surface area contributed by atoms with Gasteiger partial charge in [0.1, 0.15) is 0 Å². The summed E-state index contributed by atoms with van der Waals surface area (Å²) in [6.45, 7) is 13.1. The van der Waals surface area contributed by atoms with Gasteiger partial charge in [-0.1, -0.05) is 43.3 Å². The van der Waals surface area contributed by atoms with Crippen molar-refractivity contribution in [2.75, 3.05) is 26.2 Å². The average Bonchev–Trinajstić information content (AvgIpc) is 3.21. The second-order valence-electron chi connectivity index (χ2n) is 8.33. The van der Waals surface area contributed by atoms with Crippen LogP contribution in [0, 0.1) is 6.92 Å². The van der Waals surface area contributed by atoms with Crippen LogP contribution in [0.2, 0.25) is 0 Å². The first-order valence-electron chi connectivity index (χ1n) is 11.2. The summed E-state index contributed by atoms with van der Waals surface area (Å²) >= 11 is 0. The summed E-state index contributed by atoms with van der Waals surface area (Å²) in [5, 5.41) is 11.0. The predicted octanol–water partition coefficient (Wildman–Crippen LogP) is 3.26. The summed E-state index contributed by atoms with van der Waals surface area (Å²) in [6.07, 6.45) is 2.90.